The van der Waals surface area contributed by atoms with E-state index in [4.69, 9.17) is 15.0 Å². The highest BCUT2D eigenvalue weighted by Crippen LogP contribution is 2.41. The Bertz CT molecular complexity index is 3240. The van der Waals surface area contributed by atoms with Crippen molar-refractivity contribution in [1.82, 2.24) is 15.0 Å². The zero-order valence-corrected chi connectivity index (χ0v) is 31.7. The summed E-state index contributed by atoms with van der Waals surface area (Å²) >= 11 is 3.60. The fraction of sp³-hybridized carbons (Fsp3) is 0. The lowest BCUT2D eigenvalue weighted by molar-refractivity contribution is 1.08. The van der Waals surface area contributed by atoms with Crippen molar-refractivity contribution in [2.75, 3.05) is 0 Å². The Hall–Kier alpha value is -6.79. The first-order valence-corrected chi connectivity index (χ1v) is 20.3. The topological polar surface area (TPSA) is 38.7 Å². The Balaban J connectivity index is 1.04. The van der Waals surface area contributed by atoms with Crippen LogP contribution >= 0.6 is 22.7 Å². The van der Waals surface area contributed by atoms with Crippen LogP contribution in [0.1, 0.15) is 0 Å². The molecule has 0 fully saturated rings. The Labute approximate surface area is 331 Å². The highest BCUT2D eigenvalue weighted by Gasteiger charge is 2.18. The molecule has 3 aromatic heterocycles. The average molecular weight is 750 g/mol. The fourth-order valence-corrected chi connectivity index (χ4v) is 10.1. The van der Waals surface area contributed by atoms with Crippen molar-refractivity contribution < 1.29 is 0 Å². The fourth-order valence-electron chi connectivity index (χ4n) is 7.72. The van der Waals surface area contributed by atoms with Gasteiger partial charge in [0, 0.05) is 57.0 Å². The summed E-state index contributed by atoms with van der Waals surface area (Å²) in [5.74, 6) is 1.98. The summed E-state index contributed by atoms with van der Waals surface area (Å²) in [7, 11) is 0. The van der Waals surface area contributed by atoms with Crippen LogP contribution in [0.15, 0.2) is 188 Å². The Morgan fingerprint density at radius 1 is 0.268 bits per heavy atom. The van der Waals surface area contributed by atoms with Crippen LogP contribution in [0.2, 0.25) is 0 Å². The number of fused-ring (bicyclic) bond motifs is 6. The van der Waals surface area contributed by atoms with Gasteiger partial charge in [-0.05, 0) is 63.7 Å². The molecule has 0 saturated carbocycles. The van der Waals surface area contributed by atoms with Gasteiger partial charge in [-0.3, -0.25) is 0 Å². The van der Waals surface area contributed by atoms with Gasteiger partial charge < -0.3 is 0 Å². The molecule has 5 heteroatoms. The average Bonchev–Trinajstić information content (AvgIpc) is 3.85. The molecule has 0 amide bonds. The maximum atomic E-state index is 5.23. The lowest BCUT2D eigenvalue weighted by Gasteiger charge is -2.10. The van der Waals surface area contributed by atoms with Gasteiger partial charge in [-0.1, -0.05) is 158 Å². The van der Waals surface area contributed by atoms with E-state index in [2.05, 4.69) is 188 Å². The summed E-state index contributed by atoms with van der Waals surface area (Å²) in [6.07, 6.45) is 0. The molecular formula is C51H31N3S2. The third-order valence-electron chi connectivity index (χ3n) is 10.6. The van der Waals surface area contributed by atoms with Crippen LogP contribution < -0.4 is 0 Å². The third-order valence-corrected chi connectivity index (χ3v) is 12.9. The Morgan fingerprint density at radius 2 is 0.732 bits per heavy atom. The first-order valence-electron chi connectivity index (χ1n) is 18.7. The molecule has 0 atom stereocenters. The van der Waals surface area contributed by atoms with Crippen molar-refractivity contribution in [1.29, 1.82) is 0 Å². The van der Waals surface area contributed by atoms with Crippen LogP contribution in [0.25, 0.3) is 108 Å². The molecule has 0 aliphatic heterocycles. The molecule has 0 N–H and O–H groups in total. The van der Waals surface area contributed by atoms with Gasteiger partial charge in [0.1, 0.15) is 0 Å². The van der Waals surface area contributed by atoms with Gasteiger partial charge in [0.25, 0.3) is 0 Å². The largest absolute Gasteiger partial charge is 0.208 e. The number of aromatic nitrogens is 3. The van der Waals surface area contributed by atoms with Gasteiger partial charge in [0.15, 0.2) is 17.5 Å². The minimum atomic E-state index is 0.650. The first-order chi connectivity index (χ1) is 27.7. The molecular weight excluding hydrogens is 719 g/mol. The Morgan fingerprint density at radius 3 is 1.45 bits per heavy atom. The number of thiophene rings is 2. The second kappa shape index (κ2) is 13.5. The Kier molecular flexibility index (Phi) is 7.87. The predicted octanol–water partition coefficient (Wildman–Crippen LogP) is 14.6. The van der Waals surface area contributed by atoms with E-state index in [1.54, 1.807) is 11.3 Å². The van der Waals surface area contributed by atoms with Crippen molar-refractivity contribution in [2.24, 2.45) is 0 Å². The van der Waals surface area contributed by atoms with Crippen LogP contribution in [-0.4, -0.2) is 15.0 Å². The lowest BCUT2D eigenvalue weighted by Crippen LogP contribution is -2.00. The summed E-state index contributed by atoms with van der Waals surface area (Å²) in [5, 5.41) is 4.97. The quantitative estimate of drug-likeness (QED) is 0.170. The van der Waals surface area contributed by atoms with E-state index in [1.807, 2.05) is 11.3 Å². The van der Waals surface area contributed by atoms with Crippen LogP contribution in [0.3, 0.4) is 0 Å². The third kappa shape index (κ3) is 5.77. The minimum Gasteiger partial charge on any atom is -0.208 e. The van der Waals surface area contributed by atoms with E-state index in [1.165, 1.54) is 68.2 Å². The molecule has 0 unspecified atom stereocenters. The molecule has 3 nitrogen and oxygen atoms in total. The summed E-state index contributed by atoms with van der Waals surface area (Å²) in [6, 6.07) is 66.9. The maximum Gasteiger partial charge on any atom is 0.165 e. The summed E-state index contributed by atoms with van der Waals surface area (Å²) < 4.78 is 4.91. The molecule has 0 spiro atoms. The molecule has 0 aliphatic rings. The molecule has 0 saturated heterocycles. The van der Waals surface area contributed by atoms with Crippen LogP contribution in [0, 0.1) is 0 Å². The summed E-state index contributed by atoms with van der Waals surface area (Å²) in [5.41, 5.74) is 10.1. The van der Waals surface area contributed by atoms with Gasteiger partial charge in [0.2, 0.25) is 0 Å². The van der Waals surface area contributed by atoms with Crippen LogP contribution in [-0.2, 0) is 0 Å². The molecule has 3 heterocycles. The van der Waals surface area contributed by atoms with E-state index in [9.17, 15) is 0 Å². The first kappa shape index (κ1) is 32.6. The smallest absolute Gasteiger partial charge is 0.165 e. The van der Waals surface area contributed by atoms with Gasteiger partial charge in [0.05, 0.1) is 0 Å². The molecule has 0 bridgehead atoms. The number of nitrogens with zero attached hydrogens (tertiary/aromatic N) is 3. The molecule has 11 aromatic rings. The van der Waals surface area contributed by atoms with Gasteiger partial charge >= 0.3 is 0 Å². The second-order valence-corrected chi connectivity index (χ2v) is 16.1. The maximum absolute atomic E-state index is 5.23. The van der Waals surface area contributed by atoms with Crippen molar-refractivity contribution in [2.45, 2.75) is 0 Å². The zero-order valence-electron chi connectivity index (χ0n) is 30.1. The van der Waals surface area contributed by atoms with Crippen molar-refractivity contribution in [3.05, 3.63) is 188 Å². The molecule has 56 heavy (non-hydrogen) atoms. The van der Waals surface area contributed by atoms with E-state index < -0.39 is 0 Å². The minimum absolute atomic E-state index is 0.650. The van der Waals surface area contributed by atoms with Crippen molar-refractivity contribution in [3.8, 4) is 67.5 Å². The van der Waals surface area contributed by atoms with Gasteiger partial charge in [-0.15, -0.1) is 22.7 Å². The van der Waals surface area contributed by atoms with E-state index >= 15 is 0 Å². The normalized spacial score (nSPS) is 11.6. The molecule has 0 aliphatic carbocycles. The van der Waals surface area contributed by atoms with E-state index in [-0.39, 0.29) is 0 Å². The highest BCUT2D eigenvalue weighted by molar-refractivity contribution is 7.26. The van der Waals surface area contributed by atoms with Crippen molar-refractivity contribution in [3.63, 3.8) is 0 Å². The molecule has 262 valence electrons. The van der Waals surface area contributed by atoms with E-state index in [0.717, 1.165) is 22.3 Å². The SMILES string of the molecule is c1ccc(-c2cccc(-c3ccc(-c4nc(-c5ccc6c(c5)sc5cc(-c7ccccc7)ccc56)nc(-c5cccc6c5sc5ccccc56)n4)cc3)c2)cc1. The summed E-state index contributed by atoms with van der Waals surface area (Å²) in [6.45, 7) is 0. The molecule has 11 rings (SSSR count). The standard InChI is InChI=1S/C51H31N3S2/c1-3-11-32(12-4-1)36-15-9-16-37(29-36)34-21-23-35(24-22-34)49-52-50(54-51(53-49)44-19-10-18-43-40-17-7-8-20-45(40)56-48(43)44)39-26-28-42-41-27-25-38(33-13-5-2-6-14-33)30-46(41)55-47(42)31-39/h1-31H. The van der Waals surface area contributed by atoms with Gasteiger partial charge in [-0.2, -0.15) is 0 Å². The number of hydrogen-bond acceptors (Lipinski definition) is 5. The zero-order chi connectivity index (χ0) is 37.0. The second-order valence-electron chi connectivity index (χ2n) is 14.0. The predicted molar refractivity (Wildman–Crippen MR) is 238 cm³/mol. The summed E-state index contributed by atoms with van der Waals surface area (Å²) in [4.78, 5) is 15.6. The highest BCUT2D eigenvalue weighted by atomic mass is 32.1. The number of benzene rings is 8. The molecule has 0 radical (unpaired) electrons. The van der Waals surface area contributed by atoms with Crippen molar-refractivity contribution >= 4 is 63.0 Å². The molecule has 8 aromatic carbocycles. The number of hydrogen-bond donors (Lipinski definition) is 0. The van der Waals surface area contributed by atoms with Crippen LogP contribution in [0.5, 0.6) is 0 Å². The lowest BCUT2D eigenvalue weighted by atomic mass is 9.98. The monoisotopic (exact) mass is 749 g/mol. The van der Waals surface area contributed by atoms with E-state index in [0.29, 0.717) is 17.5 Å². The number of rotatable bonds is 6. The van der Waals surface area contributed by atoms with Gasteiger partial charge in [-0.25, -0.2) is 15.0 Å². The van der Waals surface area contributed by atoms with Crippen LogP contribution in [0.4, 0.5) is 0 Å².